The van der Waals surface area contributed by atoms with Gasteiger partial charge in [-0.2, -0.15) is 0 Å². The molecule has 0 saturated carbocycles. The first-order valence-electron chi connectivity index (χ1n) is 24.0. The molecule has 1 amide bonds. The van der Waals surface area contributed by atoms with Crippen LogP contribution in [0, 0.1) is 0 Å². The topological polar surface area (TPSA) is 110 Å². The first-order chi connectivity index (χ1) is 27.5. The van der Waals surface area contributed by atoms with Crippen LogP contribution in [-0.4, -0.2) is 57.3 Å². The van der Waals surface area contributed by atoms with E-state index < -0.39 is 36.9 Å². The minimum Gasteiger partial charge on any atom is -0.394 e. The third kappa shape index (κ3) is 37.8. The SMILES string of the molecule is CCCC/C=C\CCCCCC(O)C(=O)NC(CO)C(O)C(O)CCC/C=C/CC/C=C/CC/C=C/CCCCCCCCCCCCCCCCCCCC. The van der Waals surface area contributed by atoms with Gasteiger partial charge in [-0.25, -0.2) is 0 Å². The molecule has 0 radical (unpaired) electrons. The van der Waals surface area contributed by atoms with Gasteiger partial charge in [-0.1, -0.05) is 197 Å². The molecule has 4 unspecified atom stereocenters. The van der Waals surface area contributed by atoms with E-state index in [1.165, 1.54) is 135 Å². The summed E-state index contributed by atoms with van der Waals surface area (Å²) >= 11 is 0. The lowest BCUT2D eigenvalue weighted by atomic mass is 10.00. The second kappa shape index (κ2) is 44.4. The Morgan fingerprint density at radius 1 is 0.429 bits per heavy atom. The van der Waals surface area contributed by atoms with Crippen molar-refractivity contribution in [1.29, 1.82) is 0 Å². The molecule has 0 bridgehead atoms. The van der Waals surface area contributed by atoms with E-state index in [1.807, 2.05) is 0 Å². The largest absolute Gasteiger partial charge is 0.394 e. The summed E-state index contributed by atoms with van der Waals surface area (Å²) in [5.41, 5.74) is 0. The average molecular weight is 788 g/mol. The zero-order valence-electron chi connectivity index (χ0n) is 36.9. The van der Waals surface area contributed by atoms with Gasteiger partial charge in [0.25, 0.3) is 0 Å². The van der Waals surface area contributed by atoms with Gasteiger partial charge in [0.2, 0.25) is 5.91 Å². The van der Waals surface area contributed by atoms with Crippen LogP contribution in [0.2, 0.25) is 0 Å². The maximum atomic E-state index is 12.4. The standard InChI is InChI=1S/C50H93NO5/c1-3-5-7-9-11-13-14-15-16-17-18-19-20-21-22-23-24-25-26-27-28-29-30-31-32-33-34-36-37-39-41-43-47(53)49(55)46(45-52)51-50(56)48(54)44-42-40-38-35-12-10-8-6-4-2/h10,12,27-28,31-32,36-37,46-49,52-55H,3-9,11,13-26,29-30,33-35,38-45H2,1-2H3,(H,51,56)/b12-10-,28-27+,32-31+,37-36+. The number of rotatable bonds is 43. The lowest BCUT2D eigenvalue weighted by Crippen LogP contribution is -2.53. The number of allylic oxidation sites excluding steroid dienone is 8. The molecule has 0 rings (SSSR count). The molecule has 0 aliphatic carbocycles. The molecule has 0 saturated heterocycles. The minimum atomic E-state index is -1.30. The van der Waals surface area contributed by atoms with Crippen LogP contribution in [0.4, 0.5) is 0 Å². The van der Waals surface area contributed by atoms with E-state index in [1.54, 1.807) is 0 Å². The number of unbranched alkanes of at least 4 members (excludes halogenated alkanes) is 26. The first-order valence-corrected chi connectivity index (χ1v) is 24.0. The molecule has 4 atom stereocenters. The number of aliphatic hydroxyl groups is 4. The molecular formula is C50H93NO5. The van der Waals surface area contributed by atoms with E-state index in [0.717, 1.165) is 64.2 Å². The number of hydrogen-bond donors (Lipinski definition) is 5. The van der Waals surface area contributed by atoms with Gasteiger partial charge in [-0.15, -0.1) is 0 Å². The van der Waals surface area contributed by atoms with Gasteiger partial charge in [-0.05, 0) is 83.5 Å². The van der Waals surface area contributed by atoms with Crippen molar-refractivity contribution >= 4 is 5.91 Å². The van der Waals surface area contributed by atoms with E-state index in [-0.39, 0.29) is 0 Å². The van der Waals surface area contributed by atoms with Crippen LogP contribution < -0.4 is 5.32 Å². The van der Waals surface area contributed by atoms with Gasteiger partial charge in [0.1, 0.15) is 12.2 Å². The predicted octanol–water partition coefficient (Wildman–Crippen LogP) is 13.1. The van der Waals surface area contributed by atoms with Gasteiger partial charge in [-0.3, -0.25) is 4.79 Å². The molecule has 328 valence electrons. The Balaban J connectivity index is 3.69. The maximum absolute atomic E-state index is 12.4. The second-order valence-electron chi connectivity index (χ2n) is 16.4. The highest BCUT2D eigenvalue weighted by Crippen LogP contribution is 2.16. The molecule has 6 heteroatoms. The highest BCUT2D eigenvalue weighted by atomic mass is 16.3. The van der Waals surface area contributed by atoms with Gasteiger partial charge in [0.15, 0.2) is 0 Å². The molecule has 0 aliphatic heterocycles. The average Bonchev–Trinajstić information content (AvgIpc) is 3.20. The Morgan fingerprint density at radius 3 is 1.18 bits per heavy atom. The lowest BCUT2D eigenvalue weighted by molar-refractivity contribution is -0.132. The highest BCUT2D eigenvalue weighted by molar-refractivity contribution is 5.80. The summed E-state index contributed by atoms with van der Waals surface area (Å²) < 4.78 is 0. The summed E-state index contributed by atoms with van der Waals surface area (Å²) in [5, 5.41) is 43.5. The van der Waals surface area contributed by atoms with Crippen LogP contribution in [0.1, 0.15) is 232 Å². The van der Waals surface area contributed by atoms with Crippen molar-refractivity contribution in [2.45, 2.75) is 257 Å². The fourth-order valence-corrected chi connectivity index (χ4v) is 7.12. The fourth-order valence-electron chi connectivity index (χ4n) is 7.12. The summed E-state index contributed by atoms with van der Waals surface area (Å²) in [6.45, 7) is 3.97. The van der Waals surface area contributed by atoms with Crippen molar-refractivity contribution < 1.29 is 25.2 Å². The van der Waals surface area contributed by atoms with Crippen molar-refractivity contribution in [2.24, 2.45) is 0 Å². The minimum absolute atomic E-state index is 0.335. The zero-order valence-corrected chi connectivity index (χ0v) is 36.9. The number of nitrogens with one attached hydrogen (secondary N) is 1. The Hall–Kier alpha value is -1.73. The molecule has 0 spiro atoms. The summed E-state index contributed by atoms with van der Waals surface area (Å²) in [6.07, 6.45) is 54.8. The number of carbonyl (C=O) groups is 1. The van der Waals surface area contributed by atoms with Gasteiger partial charge in [0.05, 0.1) is 18.8 Å². The van der Waals surface area contributed by atoms with Gasteiger partial charge >= 0.3 is 0 Å². The first kappa shape index (κ1) is 54.3. The zero-order chi connectivity index (χ0) is 41.0. The molecular weight excluding hydrogens is 695 g/mol. The Morgan fingerprint density at radius 2 is 0.768 bits per heavy atom. The molecule has 56 heavy (non-hydrogen) atoms. The molecule has 0 aromatic carbocycles. The smallest absolute Gasteiger partial charge is 0.249 e. The molecule has 5 N–H and O–H groups in total. The van der Waals surface area contributed by atoms with Crippen molar-refractivity contribution in [3.63, 3.8) is 0 Å². The summed E-state index contributed by atoms with van der Waals surface area (Å²) in [4.78, 5) is 12.4. The maximum Gasteiger partial charge on any atom is 0.249 e. The molecule has 0 fully saturated rings. The van der Waals surface area contributed by atoms with Crippen molar-refractivity contribution in [1.82, 2.24) is 5.32 Å². The van der Waals surface area contributed by atoms with Crippen molar-refractivity contribution in [3.05, 3.63) is 48.6 Å². The number of carbonyl (C=O) groups excluding carboxylic acids is 1. The van der Waals surface area contributed by atoms with Crippen molar-refractivity contribution in [3.8, 4) is 0 Å². The fraction of sp³-hybridized carbons (Fsp3) is 0.820. The van der Waals surface area contributed by atoms with Crippen molar-refractivity contribution in [2.75, 3.05) is 6.61 Å². The van der Waals surface area contributed by atoms with Crippen LogP contribution in [0.5, 0.6) is 0 Å². The van der Waals surface area contributed by atoms with Crippen LogP contribution in [-0.2, 0) is 4.79 Å². The molecule has 0 aromatic heterocycles. The number of hydrogen-bond acceptors (Lipinski definition) is 5. The Labute approximate surface area is 347 Å². The Bertz CT molecular complexity index is 930. The van der Waals surface area contributed by atoms with Crippen LogP contribution in [0.15, 0.2) is 48.6 Å². The highest BCUT2D eigenvalue weighted by Gasteiger charge is 2.28. The van der Waals surface area contributed by atoms with E-state index in [4.69, 9.17) is 0 Å². The quantitative estimate of drug-likeness (QED) is 0.0312. The second-order valence-corrected chi connectivity index (χ2v) is 16.4. The monoisotopic (exact) mass is 788 g/mol. The van der Waals surface area contributed by atoms with Gasteiger partial charge in [0, 0.05) is 0 Å². The third-order valence-electron chi connectivity index (χ3n) is 11.0. The van der Waals surface area contributed by atoms with Gasteiger partial charge < -0.3 is 25.7 Å². The van der Waals surface area contributed by atoms with E-state index in [0.29, 0.717) is 19.3 Å². The lowest BCUT2D eigenvalue weighted by Gasteiger charge is -2.27. The van der Waals surface area contributed by atoms with E-state index in [9.17, 15) is 25.2 Å². The molecule has 6 nitrogen and oxygen atoms in total. The predicted molar refractivity (Wildman–Crippen MR) is 242 cm³/mol. The summed E-state index contributed by atoms with van der Waals surface area (Å²) in [7, 11) is 0. The van der Waals surface area contributed by atoms with Crippen LogP contribution in [0.25, 0.3) is 0 Å². The van der Waals surface area contributed by atoms with E-state index >= 15 is 0 Å². The summed E-state index contributed by atoms with van der Waals surface area (Å²) in [5.74, 6) is -0.616. The molecule has 0 aliphatic rings. The van der Waals surface area contributed by atoms with Crippen LogP contribution >= 0.6 is 0 Å². The Kier molecular flexibility index (Phi) is 43.0. The molecule has 0 aromatic rings. The number of amides is 1. The summed E-state index contributed by atoms with van der Waals surface area (Å²) in [6, 6.07) is -1.02. The van der Waals surface area contributed by atoms with Crippen LogP contribution in [0.3, 0.4) is 0 Å². The third-order valence-corrected chi connectivity index (χ3v) is 11.0. The normalized spacial score (nSPS) is 14.5. The van der Waals surface area contributed by atoms with E-state index in [2.05, 4.69) is 67.8 Å². The molecule has 0 heterocycles. The number of aliphatic hydroxyl groups excluding tert-OH is 4.